The maximum absolute atomic E-state index is 11.7. The third-order valence-corrected chi connectivity index (χ3v) is 6.81. The van der Waals surface area contributed by atoms with E-state index < -0.39 is 0 Å². The molecule has 0 unspecified atom stereocenters. The lowest BCUT2D eigenvalue weighted by molar-refractivity contribution is -0.302. The van der Waals surface area contributed by atoms with Crippen LogP contribution in [0.25, 0.3) is 0 Å². The maximum atomic E-state index is 11.7. The molecule has 0 aromatic rings. The third kappa shape index (κ3) is 19.8. The van der Waals surface area contributed by atoms with Crippen molar-refractivity contribution in [3.63, 3.8) is 0 Å². The summed E-state index contributed by atoms with van der Waals surface area (Å²) in [5.41, 5.74) is 0. The fourth-order valence-corrected chi connectivity index (χ4v) is 4.67. The summed E-state index contributed by atoms with van der Waals surface area (Å²) in [5.74, 6) is -0.183. The van der Waals surface area contributed by atoms with Gasteiger partial charge in [-0.05, 0) is 19.3 Å². The topological polar surface area (TPSA) is 35.5 Å². The molecule has 0 N–H and O–H groups in total. The van der Waals surface area contributed by atoms with E-state index in [4.69, 9.17) is 9.78 Å². The fraction of sp³-hybridized carbons (Fsp3) is 0.964. The van der Waals surface area contributed by atoms with E-state index in [1.54, 1.807) is 0 Å². The molecule has 1 rings (SSSR count). The molecule has 0 heterocycles. The summed E-state index contributed by atoms with van der Waals surface area (Å²) in [5, 5.41) is 0. The van der Waals surface area contributed by atoms with Crippen LogP contribution in [0.3, 0.4) is 0 Å². The molecule has 0 amide bonds. The summed E-state index contributed by atoms with van der Waals surface area (Å²) in [6, 6.07) is 0. The second-order valence-electron chi connectivity index (χ2n) is 9.93. The van der Waals surface area contributed by atoms with Crippen LogP contribution in [0.1, 0.15) is 167 Å². The number of carbonyl (C=O) groups is 1. The molecule has 1 fully saturated rings. The summed E-state index contributed by atoms with van der Waals surface area (Å²) >= 11 is 0. The van der Waals surface area contributed by atoms with Crippen LogP contribution in [0.15, 0.2) is 0 Å². The highest BCUT2D eigenvalue weighted by atomic mass is 17.2. The first-order chi connectivity index (χ1) is 15.3. The lowest BCUT2D eigenvalue weighted by Crippen LogP contribution is -2.19. The number of rotatable bonds is 22. The normalized spacial score (nSPS) is 14.7. The molecule has 0 spiro atoms. The van der Waals surface area contributed by atoms with Gasteiger partial charge in [-0.25, -0.2) is 4.79 Å². The largest absolute Gasteiger partial charge is 0.342 e. The molecule has 0 aromatic heterocycles. The first kappa shape index (κ1) is 28.5. The molecule has 1 aliphatic rings. The van der Waals surface area contributed by atoms with Crippen molar-refractivity contribution in [2.45, 2.75) is 174 Å². The van der Waals surface area contributed by atoms with Crippen molar-refractivity contribution in [2.75, 3.05) is 0 Å². The molecular weight excluding hydrogens is 384 g/mol. The van der Waals surface area contributed by atoms with Gasteiger partial charge < -0.3 is 0 Å². The summed E-state index contributed by atoms with van der Waals surface area (Å²) < 4.78 is 0. The van der Waals surface area contributed by atoms with E-state index in [0.29, 0.717) is 6.42 Å². The molecule has 31 heavy (non-hydrogen) atoms. The molecular formula is C28H54O3. The first-order valence-electron chi connectivity index (χ1n) is 14.2. The molecule has 184 valence electrons. The van der Waals surface area contributed by atoms with Crippen LogP contribution in [0, 0.1) is 0 Å². The van der Waals surface area contributed by atoms with E-state index in [1.807, 2.05) is 0 Å². The molecule has 0 aliphatic heterocycles. The Balaban J connectivity index is 1.69. The highest BCUT2D eigenvalue weighted by Crippen LogP contribution is 2.21. The van der Waals surface area contributed by atoms with Gasteiger partial charge in [0.05, 0.1) is 0 Å². The predicted octanol–water partition coefficient (Wildman–Crippen LogP) is 9.62. The zero-order chi connectivity index (χ0) is 22.2. The third-order valence-electron chi connectivity index (χ3n) is 6.81. The zero-order valence-electron chi connectivity index (χ0n) is 21.0. The zero-order valence-corrected chi connectivity index (χ0v) is 21.0. The van der Waals surface area contributed by atoms with E-state index in [2.05, 4.69) is 6.92 Å². The number of hydrogen-bond donors (Lipinski definition) is 0. The van der Waals surface area contributed by atoms with Gasteiger partial charge in [-0.2, -0.15) is 4.89 Å². The van der Waals surface area contributed by atoms with E-state index in [1.165, 1.54) is 128 Å². The van der Waals surface area contributed by atoms with Crippen LogP contribution in [0.2, 0.25) is 0 Å². The van der Waals surface area contributed by atoms with Crippen LogP contribution >= 0.6 is 0 Å². The van der Waals surface area contributed by atoms with E-state index in [0.717, 1.165) is 25.7 Å². The average Bonchev–Trinajstić information content (AvgIpc) is 2.80. The Morgan fingerprint density at radius 2 is 0.968 bits per heavy atom. The maximum Gasteiger partial charge on any atom is 0.342 e. The SMILES string of the molecule is CCCCCCCCCCCCCCCCCCCCCC(=O)OOC1CCCCC1. The van der Waals surface area contributed by atoms with Gasteiger partial charge in [0.15, 0.2) is 0 Å². The highest BCUT2D eigenvalue weighted by molar-refractivity contribution is 5.68. The molecule has 1 saturated carbocycles. The van der Waals surface area contributed by atoms with Gasteiger partial charge in [-0.15, -0.1) is 0 Å². The highest BCUT2D eigenvalue weighted by Gasteiger charge is 2.16. The second-order valence-corrected chi connectivity index (χ2v) is 9.93. The summed E-state index contributed by atoms with van der Waals surface area (Å²) in [6.07, 6.45) is 32.4. The Morgan fingerprint density at radius 3 is 1.39 bits per heavy atom. The Bertz CT molecular complexity index is 376. The van der Waals surface area contributed by atoms with Crippen molar-refractivity contribution in [1.29, 1.82) is 0 Å². The average molecular weight is 439 g/mol. The van der Waals surface area contributed by atoms with Crippen molar-refractivity contribution in [1.82, 2.24) is 0 Å². The van der Waals surface area contributed by atoms with Crippen molar-refractivity contribution >= 4 is 5.97 Å². The molecule has 3 nitrogen and oxygen atoms in total. The lowest BCUT2D eigenvalue weighted by Gasteiger charge is -2.19. The van der Waals surface area contributed by atoms with E-state index in [9.17, 15) is 4.79 Å². The number of carbonyl (C=O) groups excluding carboxylic acids is 1. The fourth-order valence-electron chi connectivity index (χ4n) is 4.67. The molecule has 0 atom stereocenters. The molecule has 0 saturated heterocycles. The van der Waals surface area contributed by atoms with Crippen LogP contribution < -0.4 is 0 Å². The van der Waals surface area contributed by atoms with Crippen LogP contribution in [-0.4, -0.2) is 12.1 Å². The lowest BCUT2D eigenvalue weighted by atomic mass is 9.98. The van der Waals surface area contributed by atoms with Crippen LogP contribution in [0.4, 0.5) is 0 Å². The Labute approximate surface area is 194 Å². The van der Waals surface area contributed by atoms with Gasteiger partial charge in [0.25, 0.3) is 0 Å². The predicted molar refractivity (Wildman–Crippen MR) is 132 cm³/mol. The number of unbranched alkanes of at least 4 members (excludes halogenated alkanes) is 18. The van der Waals surface area contributed by atoms with Gasteiger partial charge in [0.1, 0.15) is 6.10 Å². The van der Waals surface area contributed by atoms with Gasteiger partial charge in [-0.3, -0.25) is 4.89 Å². The minimum atomic E-state index is -0.183. The Kier molecular flexibility index (Phi) is 20.8. The molecule has 1 aliphatic carbocycles. The monoisotopic (exact) mass is 438 g/mol. The van der Waals surface area contributed by atoms with Gasteiger partial charge in [0.2, 0.25) is 0 Å². The van der Waals surface area contributed by atoms with E-state index in [-0.39, 0.29) is 12.1 Å². The van der Waals surface area contributed by atoms with Crippen molar-refractivity contribution in [3.05, 3.63) is 0 Å². The summed E-state index contributed by atoms with van der Waals surface area (Å²) in [7, 11) is 0. The smallest absolute Gasteiger partial charge is 0.298 e. The van der Waals surface area contributed by atoms with Crippen LogP contribution in [0.5, 0.6) is 0 Å². The van der Waals surface area contributed by atoms with Gasteiger partial charge in [-0.1, -0.05) is 142 Å². The first-order valence-corrected chi connectivity index (χ1v) is 14.2. The molecule has 0 aromatic carbocycles. The molecule has 0 bridgehead atoms. The minimum absolute atomic E-state index is 0.141. The quantitative estimate of drug-likeness (QED) is 0.0958. The summed E-state index contributed by atoms with van der Waals surface area (Å²) in [4.78, 5) is 22.0. The van der Waals surface area contributed by atoms with Crippen molar-refractivity contribution in [3.8, 4) is 0 Å². The van der Waals surface area contributed by atoms with Gasteiger partial charge >= 0.3 is 5.97 Å². The van der Waals surface area contributed by atoms with Crippen molar-refractivity contribution < 1.29 is 14.6 Å². The van der Waals surface area contributed by atoms with Gasteiger partial charge in [0, 0.05) is 6.42 Å². The second kappa shape index (κ2) is 22.6. The Morgan fingerprint density at radius 1 is 0.581 bits per heavy atom. The van der Waals surface area contributed by atoms with E-state index >= 15 is 0 Å². The minimum Gasteiger partial charge on any atom is -0.298 e. The Hall–Kier alpha value is -0.570. The van der Waals surface area contributed by atoms with Crippen LogP contribution in [-0.2, 0) is 14.6 Å². The molecule has 3 heteroatoms. The standard InChI is InChI=1S/C28H54O3/c1-2-3-4-5-6-7-8-9-10-11-12-13-14-15-16-17-18-19-23-26-28(29)31-30-27-24-21-20-22-25-27/h27H,2-26H2,1H3. The van der Waals surface area contributed by atoms with Crippen molar-refractivity contribution in [2.24, 2.45) is 0 Å². The molecule has 0 radical (unpaired) electrons. The number of hydrogen-bond acceptors (Lipinski definition) is 3. The summed E-state index contributed by atoms with van der Waals surface area (Å²) in [6.45, 7) is 2.29.